The van der Waals surface area contributed by atoms with Crippen LogP contribution in [0.1, 0.15) is 0 Å². The lowest BCUT2D eigenvalue weighted by Gasteiger charge is -1.88. The van der Waals surface area contributed by atoms with Crippen molar-refractivity contribution in [3.8, 4) is 0 Å². The van der Waals surface area contributed by atoms with Crippen LogP contribution >= 0.6 is 20.9 Å². The van der Waals surface area contributed by atoms with Crippen LogP contribution in [-0.2, 0) is 12.0 Å². The van der Waals surface area contributed by atoms with Crippen LogP contribution in [0.15, 0.2) is 84.9 Å². The molecule has 0 spiro atoms. The van der Waals surface area contributed by atoms with Gasteiger partial charge in [0.1, 0.15) is 11.6 Å². The van der Waals surface area contributed by atoms with Crippen molar-refractivity contribution in [3.05, 3.63) is 96.6 Å². The summed E-state index contributed by atoms with van der Waals surface area (Å²) in [5.41, 5.74) is 0. The number of thiophene rings is 2. The van der Waals surface area contributed by atoms with Crippen molar-refractivity contribution in [1.29, 1.82) is 0 Å². The average Bonchev–Trinajstić information content (AvgIpc) is 3.31. The van der Waals surface area contributed by atoms with Crippen molar-refractivity contribution < 1.29 is 17.6 Å². The summed E-state index contributed by atoms with van der Waals surface area (Å²) in [6.45, 7) is 0. The van der Waals surface area contributed by atoms with Crippen molar-refractivity contribution in [2.24, 2.45) is 0 Å². The van der Waals surface area contributed by atoms with Crippen LogP contribution < -0.4 is 0 Å². The predicted octanol–water partition coefficient (Wildman–Crippen LogP) is 9.62. The highest BCUT2D eigenvalue weighted by molar-refractivity contribution is 7.42. The highest BCUT2D eigenvalue weighted by Crippen LogP contribution is 2.44. The Hall–Kier alpha value is -2.96. The fourth-order valence-corrected chi connectivity index (χ4v) is 7.79. The van der Waals surface area contributed by atoms with E-state index in [1.165, 1.54) is 35.0 Å². The van der Waals surface area contributed by atoms with Crippen molar-refractivity contribution in [2.45, 2.75) is 12.0 Å². The van der Waals surface area contributed by atoms with E-state index in [2.05, 4.69) is 12.1 Å². The second-order valence-corrected chi connectivity index (χ2v) is 11.0. The standard InChI is InChI=1S/C13H8F3S.C13H10FS/c14-7-17-12-3-1-8(15)5-10(12)11-6-9(16)2-4-13(11)17;14-9-15-12-7-3-1-5-10(12)11-6-2-4-8-13(11)15/h1-6H,7H2;1-8H,9H2/q2*+1. The van der Waals surface area contributed by atoms with E-state index in [1.807, 2.05) is 36.4 Å². The van der Waals surface area contributed by atoms with Crippen LogP contribution in [0.4, 0.5) is 17.6 Å². The van der Waals surface area contributed by atoms with Crippen LogP contribution in [0.2, 0.25) is 0 Å². The molecule has 0 amide bonds. The van der Waals surface area contributed by atoms with E-state index in [0.29, 0.717) is 10.8 Å². The molecule has 2 aromatic heterocycles. The smallest absolute Gasteiger partial charge is 0.207 e. The minimum Gasteiger partial charge on any atom is -0.207 e. The first kappa shape index (κ1) is 20.9. The third-order valence-corrected chi connectivity index (χ3v) is 9.50. The molecule has 0 aliphatic rings. The van der Waals surface area contributed by atoms with Crippen molar-refractivity contribution >= 4 is 61.3 Å². The SMILES string of the molecule is FC[s+]1c2ccc(F)cc2c2cc(F)ccc21.FC[s+]1c2ccccc2c2ccccc21. The number of rotatable bonds is 2. The number of alkyl halides is 2. The Morgan fingerprint density at radius 2 is 0.844 bits per heavy atom. The molecule has 0 aliphatic heterocycles. The Morgan fingerprint density at radius 3 is 1.25 bits per heavy atom. The monoisotopic (exact) mass is 470 g/mol. The van der Waals surface area contributed by atoms with Gasteiger partial charge in [-0.25, -0.2) is 8.78 Å². The van der Waals surface area contributed by atoms with Gasteiger partial charge in [-0.3, -0.25) is 0 Å². The summed E-state index contributed by atoms with van der Waals surface area (Å²) in [5.74, 6) is -0.772. The Morgan fingerprint density at radius 1 is 0.469 bits per heavy atom. The van der Waals surface area contributed by atoms with Crippen LogP contribution in [0.3, 0.4) is 0 Å². The Bertz CT molecular complexity index is 1470. The zero-order chi connectivity index (χ0) is 22.2. The van der Waals surface area contributed by atoms with Gasteiger partial charge >= 0.3 is 0 Å². The molecular formula is C26H18F4S2+2. The third-order valence-electron chi connectivity index (χ3n) is 5.52. The first-order valence-electron chi connectivity index (χ1n) is 9.94. The summed E-state index contributed by atoms with van der Waals surface area (Å²) in [5, 5.41) is 3.63. The van der Waals surface area contributed by atoms with Crippen LogP contribution in [0.5, 0.6) is 0 Å². The van der Waals surface area contributed by atoms with Gasteiger partial charge in [0.05, 0.1) is 0 Å². The molecule has 0 radical (unpaired) electrons. The van der Waals surface area contributed by atoms with E-state index < -0.39 is 16.5 Å². The molecular weight excluding hydrogens is 452 g/mol. The molecule has 2 heterocycles. The van der Waals surface area contributed by atoms with Crippen LogP contribution in [0, 0.1) is 11.6 Å². The molecule has 6 heteroatoms. The molecule has 32 heavy (non-hydrogen) atoms. The lowest BCUT2D eigenvalue weighted by atomic mass is 10.1. The number of benzene rings is 4. The van der Waals surface area contributed by atoms with E-state index in [9.17, 15) is 17.6 Å². The van der Waals surface area contributed by atoms with Gasteiger partial charge in [0.25, 0.3) is 12.0 Å². The van der Waals surface area contributed by atoms with E-state index >= 15 is 0 Å². The molecule has 4 aromatic carbocycles. The zero-order valence-corrected chi connectivity index (χ0v) is 18.5. The first-order chi connectivity index (χ1) is 15.6. The summed E-state index contributed by atoms with van der Waals surface area (Å²) >= 11 is 0. The van der Waals surface area contributed by atoms with Gasteiger partial charge in [-0.05, 0) is 48.5 Å². The topological polar surface area (TPSA) is 0 Å². The second kappa shape index (κ2) is 8.52. The van der Waals surface area contributed by atoms with E-state index in [4.69, 9.17) is 0 Å². The van der Waals surface area contributed by atoms with Crippen LogP contribution in [-0.4, -0.2) is 0 Å². The summed E-state index contributed by atoms with van der Waals surface area (Å²) in [6, 6.07) is 23.9. The molecule has 0 atom stereocenters. The maximum atomic E-state index is 13.2. The maximum Gasteiger partial charge on any atom is 0.266 e. The summed E-state index contributed by atoms with van der Waals surface area (Å²) in [7, 11) is -1.05. The quantitative estimate of drug-likeness (QED) is 0.175. The molecule has 0 fully saturated rings. The summed E-state index contributed by atoms with van der Waals surface area (Å²) in [4.78, 5) is 0. The third kappa shape index (κ3) is 3.44. The van der Waals surface area contributed by atoms with Gasteiger partial charge in [-0.15, -0.1) is 0 Å². The van der Waals surface area contributed by atoms with E-state index in [1.54, 1.807) is 12.1 Å². The Labute approximate surface area is 187 Å². The first-order valence-corrected chi connectivity index (χ1v) is 12.7. The number of fused-ring (bicyclic) bond motifs is 6. The van der Waals surface area contributed by atoms with Crippen molar-refractivity contribution in [3.63, 3.8) is 0 Å². The molecule has 6 rings (SSSR count). The number of hydrogen-bond donors (Lipinski definition) is 0. The lowest BCUT2D eigenvalue weighted by Crippen LogP contribution is -1.73. The second-order valence-electron chi connectivity index (χ2n) is 7.27. The van der Waals surface area contributed by atoms with E-state index in [-0.39, 0.29) is 28.1 Å². The summed E-state index contributed by atoms with van der Waals surface area (Å²) in [6.07, 6.45) is 0. The Balaban J connectivity index is 0.000000136. The van der Waals surface area contributed by atoms with Gasteiger partial charge in [0.2, 0.25) is 0 Å². The molecule has 0 saturated heterocycles. The Kier molecular flexibility index (Phi) is 5.57. The maximum absolute atomic E-state index is 13.2. The van der Waals surface area contributed by atoms with Gasteiger partial charge in [-0.2, -0.15) is 8.78 Å². The largest absolute Gasteiger partial charge is 0.266 e. The minimum absolute atomic E-state index is 0.284. The van der Waals surface area contributed by atoms with Crippen molar-refractivity contribution in [1.82, 2.24) is 0 Å². The molecule has 0 saturated carbocycles. The highest BCUT2D eigenvalue weighted by Gasteiger charge is 2.22. The normalized spacial score (nSPS) is 11.4. The average molecular weight is 471 g/mol. The summed E-state index contributed by atoms with van der Waals surface area (Å²) < 4.78 is 56.4. The van der Waals surface area contributed by atoms with Gasteiger partial charge < -0.3 is 0 Å². The predicted molar refractivity (Wildman–Crippen MR) is 130 cm³/mol. The molecule has 0 bridgehead atoms. The van der Waals surface area contributed by atoms with Gasteiger partial charge in [-0.1, -0.05) is 24.3 Å². The molecule has 6 aromatic rings. The van der Waals surface area contributed by atoms with E-state index in [0.717, 1.165) is 18.8 Å². The molecule has 160 valence electrons. The fourth-order valence-electron chi connectivity index (χ4n) is 4.14. The minimum atomic E-state index is -0.701. The number of halogens is 4. The molecule has 0 N–H and O–H groups in total. The molecule has 0 unspecified atom stereocenters. The fraction of sp³-hybridized carbons (Fsp3) is 0.0769. The molecule has 0 nitrogen and oxygen atoms in total. The van der Waals surface area contributed by atoms with Gasteiger partial charge in [0, 0.05) is 54.6 Å². The van der Waals surface area contributed by atoms with Crippen LogP contribution in [0.25, 0.3) is 40.3 Å². The van der Waals surface area contributed by atoms with Crippen molar-refractivity contribution in [2.75, 3.05) is 0 Å². The van der Waals surface area contributed by atoms with Gasteiger partial charge in [0.15, 0.2) is 18.8 Å². The lowest BCUT2D eigenvalue weighted by molar-refractivity contribution is 0.543. The number of hydrogen-bond acceptors (Lipinski definition) is 0. The highest BCUT2D eigenvalue weighted by atomic mass is 32.2. The zero-order valence-electron chi connectivity index (χ0n) is 16.8. The molecule has 0 aliphatic carbocycles.